The van der Waals surface area contributed by atoms with Gasteiger partial charge in [0.05, 0.1) is 6.61 Å². The molecule has 1 heterocycles. The van der Waals surface area contributed by atoms with Gasteiger partial charge in [0.2, 0.25) is 5.91 Å². The first kappa shape index (κ1) is 16.1. The molecule has 21 heavy (non-hydrogen) atoms. The first-order valence-corrected chi connectivity index (χ1v) is 8.36. The molecule has 1 unspecified atom stereocenters. The predicted octanol–water partition coefficient (Wildman–Crippen LogP) is 1.81. The van der Waals surface area contributed by atoms with Gasteiger partial charge < -0.3 is 15.4 Å². The van der Waals surface area contributed by atoms with Crippen LogP contribution in [0.25, 0.3) is 0 Å². The van der Waals surface area contributed by atoms with Crippen LogP contribution in [-0.4, -0.2) is 43.2 Å². The number of carbonyl (C=O) groups is 1. The summed E-state index contributed by atoms with van der Waals surface area (Å²) in [6, 6.07) is 6.22. The Bertz CT molecular complexity index is 436. The van der Waals surface area contributed by atoms with Crippen LogP contribution in [0.5, 0.6) is 5.75 Å². The van der Waals surface area contributed by atoms with Gasteiger partial charge in [-0.2, -0.15) is 11.8 Å². The molecule has 1 aliphatic heterocycles. The Labute approximate surface area is 128 Å². The fraction of sp³-hybridized carbons (Fsp3) is 0.533. The van der Waals surface area contributed by atoms with Gasteiger partial charge in [-0.05, 0) is 30.7 Å². The zero-order chi connectivity index (χ0) is 14.9. The summed E-state index contributed by atoms with van der Waals surface area (Å²) in [6.07, 6.45) is 1.27. The van der Waals surface area contributed by atoms with E-state index in [1.807, 2.05) is 11.8 Å². The lowest BCUT2D eigenvalue weighted by Gasteiger charge is -2.22. The second-order valence-corrected chi connectivity index (χ2v) is 6.09. The van der Waals surface area contributed by atoms with Crippen LogP contribution in [0.1, 0.15) is 12.8 Å². The molecule has 1 saturated heterocycles. The largest absolute Gasteiger partial charge is 0.494 e. The summed E-state index contributed by atoms with van der Waals surface area (Å²) in [5.74, 6) is 2.58. The van der Waals surface area contributed by atoms with Gasteiger partial charge in [-0.15, -0.1) is 0 Å². The number of amides is 1. The summed E-state index contributed by atoms with van der Waals surface area (Å²) < 4.78 is 18.2. The number of hydrogen-bond acceptors (Lipinski definition) is 4. The van der Waals surface area contributed by atoms with E-state index in [2.05, 4.69) is 10.6 Å². The standard InChI is InChI=1S/C15H21FN2O2S/c16-12-2-4-14(5-3-12)20-8-1-6-18-15(19)10-13-11-21-9-7-17-13/h2-5,13,17H,1,6-11H2,(H,18,19). The van der Waals surface area contributed by atoms with Crippen molar-refractivity contribution in [1.82, 2.24) is 10.6 Å². The molecule has 1 aliphatic rings. The van der Waals surface area contributed by atoms with Crippen molar-refractivity contribution in [3.05, 3.63) is 30.1 Å². The molecule has 0 aromatic heterocycles. The minimum atomic E-state index is -0.274. The fourth-order valence-corrected chi connectivity index (χ4v) is 3.02. The monoisotopic (exact) mass is 312 g/mol. The van der Waals surface area contributed by atoms with Gasteiger partial charge in [-0.25, -0.2) is 4.39 Å². The lowest BCUT2D eigenvalue weighted by molar-refractivity contribution is -0.121. The molecule has 0 radical (unpaired) electrons. The third-order valence-electron chi connectivity index (χ3n) is 3.16. The molecule has 1 aromatic carbocycles. The van der Waals surface area contributed by atoms with E-state index < -0.39 is 0 Å². The van der Waals surface area contributed by atoms with Gasteiger partial charge in [0, 0.05) is 37.1 Å². The number of ether oxygens (including phenoxy) is 1. The smallest absolute Gasteiger partial charge is 0.221 e. The number of rotatable bonds is 7. The molecule has 0 saturated carbocycles. The highest BCUT2D eigenvalue weighted by Crippen LogP contribution is 2.11. The molecule has 0 spiro atoms. The van der Waals surface area contributed by atoms with E-state index in [-0.39, 0.29) is 11.7 Å². The fourth-order valence-electron chi connectivity index (χ4n) is 2.07. The Morgan fingerprint density at radius 3 is 2.95 bits per heavy atom. The van der Waals surface area contributed by atoms with Crippen molar-refractivity contribution in [2.24, 2.45) is 0 Å². The van der Waals surface area contributed by atoms with Gasteiger partial charge in [0.25, 0.3) is 0 Å². The van der Waals surface area contributed by atoms with Crippen LogP contribution in [0.15, 0.2) is 24.3 Å². The molecule has 0 aliphatic carbocycles. The molecule has 1 atom stereocenters. The third kappa shape index (κ3) is 6.35. The summed E-state index contributed by atoms with van der Waals surface area (Å²) in [7, 11) is 0. The molecule has 1 fully saturated rings. The summed E-state index contributed by atoms with van der Waals surface area (Å²) in [6.45, 7) is 2.08. The maximum Gasteiger partial charge on any atom is 0.221 e. The number of hydrogen-bond donors (Lipinski definition) is 2. The van der Waals surface area contributed by atoms with Crippen molar-refractivity contribution in [3.63, 3.8) is 0 Å². The second kappa shape index (κ2) is 8.89. The molecule has 1 aromatic rings. The highest BCUT2D eigenvalue weighted by Gasteiger charge is 2.16. The lowest BCUT2D eigenvalue weighted by Crippen LogP contribution is -2.41. The van der Waals surface area contributed by atoms with Crippen LogP contribution in [0, 0.1) is 5.82 Å². The first-order chi connectivity index (χ1) is 10.2. The molecule has 1 amide bonds. The van der Waals surface area contributed by atoms with Crippen LogP contribution >= 0.6 is 11.8 Å². The maximum absolute atomic E-state index is 12.7. The van der Waals surface area contributed by atoms with Crippen molar-refractivity contribution in [2.75, 3.05) is 31.2 Å². The molecule has 0 bridgehead atoms. The van der Waals surface area contributed by atoms with Crippen molar-refractivity contribution >= 4 is 17.7 Å². The topological polar surface area (TPSA) is 50.4 Å². The minimum Gasteiger partial charge on any atom is -0.494 e. The van der Waals surface area contributed by atoms with Gasteiger partial charge in [0.1, 0.15) is 11.6 Å². The quantitative estimate of drug-likeness (QED) is 0.754. The molecular formula is C15H21FN2O2S. The van der Waals surface area contributed by atoms with Crippen LogP contribution in [0.4, 0.5) is 4.39 Å². The highest BCUT2D eigenvalue weighted by molar-refractivity contribution is 7.99. The summed E-state index contributed by atoms with van der Waals surface area (Å²) in [5, 5.41) is 6.24. The Morgan fingerprint density at radius 1 is 1.43 bits per heavy atom. The first-order valence-electron chi connectivity index (χ1n) is 7.20. The molecule has 6 heteroatoms. The number of carbonyl (C=O) groups excluding carboxylic acids is 1. The van der Waals surface area contributed by atoms with Crippen LogP contribution in [0.2, 0.25) is 0 Å². The van der Waals surface area contributed by atoms with E-state index >= 15 is 0 Å². The van der Waals surface area contributed by atoms with Crippen LogP contribution < -0.4 is 15.4 Å². The van der Waals surface area contributed by atoms with Crippen molar-refractivity contribution in [3.8, 4) is 5.75 Å². The van der Waals surface area contributed by atoms with Gasteiger partial charge in [-0.1, -0.05) is 0 Å². The van der Waals surface area contributed by atoms with Crippen molar-refractivity contribution < 1.29 is 13.9 Å². The van der Waals surface area contributed by atoms with E-state index in [1.165, 1.54) is 12.1 Å². The number of benzene rings is 1. The van der Waals surface area contributed by atoms with E-state index in [0.29, 0.717) is 31.4 Å². The summed E-state index contributed by atoms with van der Waals surface area (Å²) in [5.41, 5.74) is 0. The Balaban J connectivity index is 1.52. The number of halogens is 1. The molecule has 116 valence electrons. The predicted molar refractivity (Wildman–Crippen MR) is 83.3 cm³/mol. The van der Waals surface area contributed by atoms with Gasteiger partial charge >= 0.3 is 0 Å². The highest BCUT2D eigenvalue weighted by atomic mass is 32.2. The van der Waals surface area contributed by atoms with Crippen LogP contribution in [-0.2, 0) is 4.79 Å². The van der Waals surface area contributed by atoms with Gasteiger partial charge in [-0.3, -0.25) is 4.79 Å². The normalized spacial score (nSPS) is 18.2. The van der Waals surface area contributed by atoms with Crippen LogP contribution in [0.3, 0.4) is 0 Å². The average Bonchev–Trinajstić information content (AvgIpc) is 2.50. The maximum atomic E-state index is 12.7. The SMILES string of the molecule is O=C(CC1CSCCN1)NCCCOc1ccc(F)cc1. The summed E-state index contributed by atoms with van der Waals surface area (Å²) >= 11 is 1.89. The molecule has 2 rings (SSSR count). The van der Waals surface area contributed by atoms with E-state index in [4.69, 9.17) is 4.74 Å². The van der Waals surface area contributed by atoms with E-state index in [9.17, 15) is 9.18 Å². The second-order valence-electron chi connectivity index (χ2n) is 4.94. The summed E-state index contributed by atoms with van der Waals surface area (Å²) in [4.78, 5) is 11.7. The zero-order valence-electron chi connectivity index (χ0n) is 11.9. The zero-order valence-corrected chi connectivity index (χ0v) is 12.8. The van der Waals surface area contributed by atoms with Crippen molar-refractivity contribution in [2.45, 2.75) is 18.9 Å². The third-order valence-corrected chi connectivity index (χ3v) is 4.29. The van der Waals surface area contributed by atoms with E-state index in [0.717, 1.165) is 24.5 Å². The Hall–Kier alpha value is -1.27. The number of thioether (sulfide) groups is 1. The average molecular weight is 312 g/mol. The minimum absolute atomic E-state index is 0.0804. The Morgan fingerprint density at radius 2 is 2.24 bits per heavy atom. The van der Waals surface area contributed by atoms with Gasteiger partial charge in [0.15, 0.2) is 0 Å². The molecular weight excluding hydrogens is 291 g/mol. The lowest BCUT2D eigenvalue weighted by atomic mass is 10.2. The molecule has 4 nitrogen and oxygen atoms in total. The number of nitrogens with one attached hydrogen (secondary N) is 2. The van der Waals surface area contributed by atoms with E-state index in [1.54, 1.807) is 12.1 Å². The molecule has 2 N–H and O–H groups in total. The van der Waals surface area contributed by atoms with Crippen molar-refractivity contribution in [1.29, 1.82) is 0 Å². The Kier molecular flexibility index (Phi) is 6.82.